The summed E-state index contributed by atoms with van der Waals surface area (Å²) in [5.74, 6) is 0.822. The van der Waals surface area contributed by atoms with Gasteiger partial charge < -0.3 is 0 Å². The average Bonchev–Trinajstić information content (AvgIpc) is 2.38. The smallest absolute Gasteiger partial charge is 0.0945 e. The van der Waals surface area contributed by atoms with E-state index >= 15 is 0 Å². The molecule has 0 radical (unpaired) electrons. The molecule has 1 N–H and O–H groups in total. The average molecular weight is 262 g/mol. The Balaban J connectivity index is 1.96. The Morgan fingerprint density at radius 2 is 1.65 bits per heavy atom. The van der Waals surface area contributed by atoms with Crippen molar-refractivity contribution < 1.29 is 0 Å². The topological polar surface area (TPSA) is 23.9 Å². The van der Waals surface area contributed by atoms with Gasteiger partial charge in [-0.05, 0) is 17.7 Å². The minimum Gasteiger partial charge on any atom is -0.293 e. The SMILES string of the molecule is N=C(SCc1ccccc1)c1ccc(Cl)cc1. The van der Waals surface area contributed by atoms with Gasteiger partial charge in [-0.3, -0.25) is 5.41 Å². The highest BCUT2D eigenvalue weighted by molar-refractivity contribution is 8.13. The monoisotopic (exact) mass is 261 g/mol. The Labute approximate surface area is 110 Å². The molecule has 0 bridgehead atoms. The van der Waals surface area contributed by atoms with Gasteiger partial charge in [-0.2, -0.15) is 0 Å². The van der Waals surface area contributed by atoms with E-state index in [4.69, 9.17) is 17.0 Å². The Hall–Kier alpha value is -1.25. The molecule has 0 spiro atoms. The third kappa shape index (κ3) is 3.62. The van der Waals surface area contributed by atoms with E-state index in [2.05, 4.69) is 12.1 Å². The summed E-state index contributed by atoms with van der Waals surface area (Å²) in [6, 6.07) is 17.6. The van der Waals surface area contributed by atoms with Crippen LogP contribution in [0.2, 0.25) is 5.02 Å². The van der Waals surface area contributed by atoms with Crippen LogP contribution >= 0.6 is 23.4 Å². The molecule has 0 aliphatic rings. The van der Waals surface area contributed by atoms with Crippen molar-refractivity contribution in [2.24, 2.45) is 0 Å². The maximum absolute atomic E-state index is 7.97. The van der Waals surface area contributed by atoms with E-state index in [1.54, 1.807) is 0 Å². The molecule has 1 nitrogen and oxygen atoms in total. The van der Waals surface area contributed by atoms with Gasteiger partial charge in [0.1, 0.15) is 0 Å². The Morgan fingerprint density at radius 3 is 2.29 bits per heavy atom. The lowest BCUT2D eigenvalue weighted by atomic mass is 10.2. The van der Waals surface area contributed by atoms with Gasteiger partial charge in [-0.15, -0.1) is 11.8 Å². The Kier molecular flexibility index (Phi) is 4.24. The largest absolute Gasteiger partial charge is 0.293 e. The van der Waals surface area contributed by atoms with Crippen LogP contribution in [-0.2, 0) is 5.75 Å². The van der Waals surface area contributed by atoms with Crippen molar-refractivity contribution in [1.82, 2.24) is 0 Å². The van der Waals surface area contributed by atoms with Crippen LogP contribution in [0.1, 0.15) is 11.1 Å². The molecule has 2 aromatic carbocycles. The first-order valence-electron chi connectivity index (χ1n) is 5.27. The molecule has 0 saturated heterocycles. The van der Waals surface area contributed by atoms with E-state index < -0.39 is 0 Å². The minimum atomic E-state index is 0.575. The van der Waals surface area contributed by atoms with Crippen molar-refractivity contribution in [2.75, 3.05) is 0 Å². The summed E-state index contributed by atoms with van der Waals surface area (Å²) in [5, 5.41) is 9.25. The fourth-order valence-electron chi connectivity index (χ4n) is 1.41. The molecule has 0 atom stereocenters. The zero-order valence-corrected chi connectivity index (χ0v) is 10.8. The van der Waals surface area contributed by atoms with E-state index in [1.165, 1.54) is 17.3 Å². The molecule has 2 aromatic rings. The molecule has 0 fully saturated rings. The zero-order chi connectivity index (χ0) is 12.1. The third-order valence-corrected chi connectivity index (χ3v) is 3.59. The van der Waals surface area contributed by atoms with E-state index in [0.29, 0.717) is 10.1 Å². The number of hydrogen-bond acceptors (Lipinski definition) is 2. The summed E-state index contributed by atoms with van der Waals surface area (Å²) in [6.07, 6.45) is 0. The van der Waals surface area contributed by atoms with Gasteiger partial charge in [0.25, 0.3) is 0 Å². The number of rotatable bonds is 3. The van der Waals surface area contributed by atoms with Crippen LogP contribution in [0.5, 0.6) is 0 Å². The molecule has 0 heterocycles. The number of nitrogens with one attached hydrogen (secondary N) is 1. The van der Waals surface area contributed by atoms with Crippen molar-refractivity contribution in [1.29, 1.82) is 5.41 Å². The summed E-state index contributed by atoms with van der Waals surface area (Å²) in [6.45, 7) is 0. The maximum atomic E-state index is 7.97. The highest BCUT2D eigenvalue weighted by Crippen LogP contribution is 2.19. The van der Waals surface area contributed by atoms with Gasteiger partial charge in [-0.1, -0.05) is 54.1 Å². The number of benzene rings is 2. The normalized spacial score (nSPS) is 10.2. The first-order valence-corrected chi connectivity index (χ1v) is 6.63. The van der Waals surface area contributed by atoms with Gasteiger partial charge >= 0.3 is 0 Å². The van der Waals surface area contributed by atoms with Crippen LogP contribution in [0.25, 0.3) is 0 Å². The van der Waals surface area contributed by atoms with Gasteiger partial charge in [0.05, 0.1) is 5.04 Å². The molecule has 0 aliphatic carbocycles. The van der Waals surface area contributed by atoms with Crippen LogP contribution in [0.4, 0.5) is 0 Å². The van der Waals surface area contributed by atoms with Crippen molar-refractivity contribution in [3.63, 3.8) is 0 Å². The zero-order valence-electron chi connectivity index (χ0n) is 9.19. The molecule has 86 valence electrons. The summed E-state index contributed by atoms with van der Waals surface area (Å²) >= 11 is 7.34. The molecule has 17 heavy (non-hydrogen) atoms. The summed E-state index contributed by atoms with van der Waals surface area (Å²) in [5.41, 5.74) is 2.14. The first-order chi connectivity index (χ1) is 8.25. The van der Waals surface area contributed by atoms with Crippen LogP contribution in [-0.4, -0.2) is 5.04 Å². The predicted octanol–water partition coefficient (Wildman–Crippen LogP) is 4.60. The van der Waals surface area contributed by atoms with Gasteiger partial charge in [0.2, 0.25) is 0 Å². The van der Waals surface area contributed by atoms with Crippen molar-refractivity contribution in [3.05, 3.63) is 70.7 Å². The van der Waals surface area contributed by atoms with E-state index in [9.17, 15) is 0 Å². The molecule has 0 unspecified atom stereocenters. The van der Waals surface area contributed by atoms with E-state index in [-0.39, 0.29) is 0 Å². The quantitative estimate of drug-likeness (QED) is 0.634. The Bertz CT molecular complexity index is 493. The van der Waals surface area contributed by atoms with Crippen LogP contribution < -0.4 is 0 Å². The van der Waals surface area contributed by atoms with Gasteiger partial charge in [-0.25, -0.2) is 0 Å². The van der Waals surface area contributed by atoms with Crippen LogP contribution in [0.3, 0.4) is 0 Å². The predicted molar refractivity (Wildman–Crippen MR) is 76.0 cm³/mol. The summed E-state index contributed by atoms with van der Waals surface area (Å²) < 4.78 is 0. The van der Waals surface area contributed by atoms with Crippen molar-refractivity contribution in [2.45, 2.75) is 5.75 Å². The standard InChI is InChI=1S/C14H12ClNS/c15-13-8-6-12(7-9-13)14(16)17-10-11-4-2-1-3-5-11/h1-9,16H,10H2. The molecular formula is C14H12ClNS. The fourth-order valence-corrected chi connectivity index (χ4v) is 2.35. The molecule has 3 heteroatoms. The lowest BCUT2D eigenvalue weighted by molar-refractivity contribution is 1.42. The van der Waals surface area contributed by atoms with Gasteiger partial charge in [0.15, 0.2) is 0 Å². The third-order valence-electron chi connectivity index (χ3n) is 2.33. The van der Waals surface area contributed by atoms with Crippen molar-refractivity contribution in [3.8, 4) is 0 Å². The molecule has 0 aliphatic heterocycles. The highest BCUT2D eigenvalue weighted by Gasteiger charge is 2.02. The molecule has 0 saturated carbocycles. The Morgan fingerprint density at radius 1 is 1.00 bits per heavy atom. The van der Waals surface area contributed by atoms with Crippen LogP contribution in [0.15, 0.2) is 54.6 Å². The second kappa shape index (κ2) is 5.89. The first kappa shape index (κ1) is 12.2. The lowest BCUT2D eigenvalue weighted by Gasteiger charge is -2.04. The molecular weight excluding hydrogens is 250 g/mol. The second-order valence-electron chi connectivity index (χ2n) is 3.61. The van der Waals surface area contributed by atoms with E-state index in [0.717, 1.165) is 11.3 Å². The minimum absolute atomic E-state index is 0.575. The molecule has 0 aromatic heterocycles. The van der Waals surface area contributed by atoms with Crippen LogP contribution in [0, 0.1) is 5.41 Å². The highest BCUT2D eigenvalue weighted by atomic mass is 35.5. The second-order valence-corrected chi connectivity index (χ2v) is 5.03. The van der Waals surface area contributed by atoms with Crippen molar-refractivity contribution >= 4 is 28.4 Å². The molecule has 0 amide bonds. The number of thioether (sulfide) groups is 1. The van der Waals surface area contributed by atoms with E-state index in [1.807, 2.05) is 42.5 Å². The van der Waals surface area contributed by atoms with Gasteiger partial charge in [0, 0.05) is 16.3 Å². The summed E-state index contributed by atoms with van der Waals surface area (Å²) in [4.78, 5) is 0. The maximum Gasteiger partial charge on any atom is 0.0945 e. The molecule has 2 rings (SSSR count). The fraction of sp³-hybridized carbons (Fsp3) is 0.0714. The summed E-state index contributed by atoms with van der Waals surface area (Å²) in [7, 11) is 0. The number of hydrogen-bond donors (Lipinski definition) is 1. The number of halogens is 1. The lowest BCUT2D eigenvalue weighted by Crippen LogP contribution is -1.93.